The Labute approximate surface area is 105 Å². The third-order valence-corrected chi connectivity index (χ3v) is 2.65. The molecule has 0 unspecified atom stereocenters. The molecule has 0 spiro atoms. The SMILES string of the molecule is C/C(=C/CCNCC(C)C)c1cncc(C)c1. The molecule has 2 heteroatoms. The summed E-state index contributed by atoms with van der Waals surface area (Å²) in [6.45, 7) is 10.8. The van der Waals surface area contributed by atoms with Crippen molar-refractivity contribution in [3.05, 3.63) is 35.7 Å². The van der Waals surface area contributed by atoms with Gasteiger partial charge in [0.1, 0.15) is 0 Å². The monoisotopic (exact) mass is 232 g/mol. The summed E-state index contributed by atoms with van der Waals surface area (Å²) in [6.07, 6.45) is 7.18. The van der Waals surface area contributed by atoms with Crippen LogP contribution in [0.4, 0.5) is 0 Å². The molecule has 1 heterocycles. The minimum absolute atomic E-state index is 0.723. The maximum Gasteiger partial charge on any atom is 0.0343 e. The first-order valence-electron chi connectivity index (χ1n) is 6.39. The van der Waals surface area contributed by atoms with Crippen LogP contribution in [0.2, 0.25) is 0 Å². The molecule has 0 aliphatic carbocycles. The number of nitrogens with zero attached hydrogens (tertiary/aromatic N) is 1. The lowest BCUT2D eigenvalue weighted by molar-refractivity contribution is 0.557. The highest BCUT2D eigenvalue weighted by Gasteiger charge is 1.96. The normalized spacial score (nSPS) is 12.2. The zero-order chi connectivity index (χ0) is 12.7. The Hall–Kier alpha value is -1.15. The lowest BCUT2D eigenvalue weighted by Crippen LogP contribution is -2.20. The van der Waals surface area contributed by atoms with Gasteiger partial charge in [-0.05, 0) is 62.0 Å². The van der Waals surface area contributed by atoms with Crippen molar-refractivity contribution in [2.45, 2.75) is 34.1 Å². The summed E-state index contributed by atoms with van der Waals surface area (Å²) in [5, 5.41) is 3.44. The maximum atomic E-state index is 4.22. The largest absolute Gasteiger partial charge is 0.316 e. The van der Waals surface area contributed by atoms with E-state index < -0.39 is 0 Å². The Morgan fingerprint density at radius 3 is 2.82 bits per heavy atom. The summed E-state index contributed by atoms with van der Waals surface area (Å²) in [7, 11) is 0. The summed E-state index contributed by atoms with van der Waals surface area (Å²) >= 11 is 0. The van der Waals surface area contributed by atoms with Gasteiger partial charge in [0.2, 0.25) is 0 Å². The molecule has 0 aliphatic heterocycles. The molecule has 1 N–H and O–H groups in total. The van der Waals surface area contributed by atoms with E-state index in [0.29, 0.717) is 0 Å². The van der Waals surface area contributed by atoms with Gasteiger partial charge in [-0.15, -0.1) is 0 Å². The molecule has 0 aliphatic rings. The molecule has 0 fully saturated rings. The number of allylic oxidation sites excluding steroid dienone is 1. The summed E-state index contributed by atoms with van der Waals surface area (Å²) in [5.41, 5.74) is 3.76. The molecule has 0 aromatic carbocycles. The first kappa shape index (κ1) is 13.9. The third kappa shape index (κ3) is 5.64. The number of hydrogen-bond acceptors (Lipinski definition) is 2. The number of pyridine rings is 1. The highest BCUT2D eigenvalue weighted by atomic mass is 14.8. The lowest BCUT2D eigenvalue weighted by Gasteiger charge is -2.06. The zero-order valence-corrected chi connectivity index (χ0v) is 11.5. The second kappa shape index (κ2) is 7.23. The van der Waals surface area contributed by atoms with Gasteiger partial charge < -0.3 is 5.32 Å². The van der Waals surface area contributed by atoms with Gasteiger partial charge in [-0.3, -0.25) is 4.98 Å². The van der Waals surface area contributed by atoms with Gasteiger partial charge in [-0.1, -0.05) is 19.9 Å². The van der Waals surface area contributed by atoms with Gasteiger partial charge >= 0.3 is 0 Å². The van der Waals surface area contributed by atoms with Crippen LogP contribution in [0.5, 0.6) is 0 Å². The summed E-state index contributed by atoms with van der Waals surface area (Å²) in [5.74, 6) is 0.723. The van der Waals surface area contributed by atoms with E-state index >= 15 is 0 Å². The van der Waals surface area contributed by atoms with Crippen molar-refractivity contribution in [1.29, 1.82) is 0 Å². The molecule has 0 radical (unpaired) electrons. The standard InChI is InChI=1S/C15H24N2/c1-12(2)9-16-7-5-6-14(4)15-8-13(3)10-17-11-15/h6,8,10-12,16H,5,7,9H2,1-4H3/b14-6-. The Balaban J connectivity index is 2.39. The molecule has 94 valence electrons. The Morgan fingerprint density at radius 2 is 2.18 bits per heavy atom. The number of hydrogen-bond donors (Lipinski definition) is 1. The topological polar surface area (TPSA) is 24.9 Å². The van der Waals surface area contributed by atoms with Crippen LogP contribution < -0.4 is 5.32 Å². The average molecular weight is 232 g/mol. The predicted octanol–water partition coefficient (Wildman–Crippen LogP) is 3.43. The third-order valence-electron chi connectivity index (χ3n) is 2.65. The molecule has 0 saturated carbocycles. The molecule has 0 amide bonds. The van der Waals surface area contributed by atoms with Crippen LogP contribution in [0.1, 0.15) is 38.3 Å². The second-order valence-electron chi connectivity index (χ2n) is 5.02. The van der Waals surface area contributed by atoms with E-state index in [-0.39, 0.29) is 0 Å². The molecular formula is C15H24N2. The van der Waals surface area contributed by atoms with E-state index in [0.717, 1.165) is 25.4 Å². The van der Waals surface area contributed by atoms with Gasteiger partial charge in [0.05, 0.1) is 0 Å². The minimum Gasteiger partial charge on any atom is -0.316 e. The smallest absolute Gasteiger partial charge is 0.0343 e. The maximum absolute atomic E-state index is 4.22. The van der Waals surface area contributed by atoms with E-state index in [2.05, 4.69) is 50.1 Å². The van der Waals surface area contributed by atoms with Gasteiger partial charge in [0.25, 0.3) is 0 Å². The minimum atomic E-state index is 0.723. The van der Waals surface area contributed by atoms with Crippen molar-refractivity contribution in [3.8, 4) is 0 Å². The quantitative estimate of drug-likeness (QED) is 0.760. The second-order valence-corrected chi connectivity index (χ2v) is 5.02. The van der Waals surface area contributed by atoms with Crippen molar-refractivity contribution in [2.24, 2.45) is 5.92 Å². The van der Waals surface area contributed by atoms with Crippen molar-refractivity contribution >= 4 is 5.57 Å². The first-order valence-corrected chi connectivity index (χ1v) is 6.39. The van der Waals surface area contributed by atoms with Crippen LogP contribution in [0.3, 0.4) is 0 Å². The van der Waals surface area contributed by atoms with Gasteiger partial charge in [0, 0.05) is 12.4 Å². The molecule has 1 aromatic rings. The van der Waals surface area contributed by atoms with Crippen molar-refractivity contribution in [2.75, 3.05) is 13.1 Å². The van der Waals surface area contributed by atoms with Crippen molar-refractivity contribution in [3.63, 3.8) is 0 Å². The number of nitrogens with one attached hydrogen (secondary N) is 1. The molecule has 0 bridgehead atoms. The summed E-state index contributed by atoms with van der Waals surface area (Å²) in [6, 6.07) is 2.18. The molecule has 0 saturated heterocycles. The molecule has 1 rings (SSSR count). The van der Waals surface area contributed by atoms with E-state index in [1.165, 1.54) is 16.7 Å². The Kier molecular flexibility index (Phi) is 5.92. The molecular weight excluding hydrogens is 208 g/mol. The summed E-state index contributed by atoms with van der Waals surface area (Å²) in [4.78, 5) is 4.22. The molecule has 17 heavy (non-hydrogen) atoms. The lowest BCUT2D eigenvalue weighted by atomic mass is 10.1. The van der Waals surface area contributed by atoms with E-state index in [1.807, 2.05) is 12.4 Å². The molecule has 0 atom stereocenters. The fraction of sp³-hybridized carbons (Fsp3) is 0.533. The number of rotatable bonds is 6. The summed E-state index contributed by atoms with van der Waals surface area (Å²) < 4.78 is 0. The van der Waals surface area contributed by atoms with Crippen LogP contribution in [-0.4, -0.2) is 18.1 Å². The molecule has 1 aromatic heterocycles. The van der Waals surface area contributed by atoms with Crippen LogP contribution >= 0.6 is 0 Å². The highest BCUT2D eigenvalue weighted by molar-refractivity contribution is 5.63. The predicted molar refractivity (Wildman–Crippen MR) is 74.9 cm³/mol. The van der Waals surface area contributed by atoms with E-state index in [4.69, 9.17) is 0 Å². The van der Waals surface area contributed by atoms with Gasteiger partial charge in [0.15, 0.2) is 0 Å². The van der Waals surface area contributed by atoms with Crippen LogP contribution in [-0.2, 0) is 0 Å². The Morgan fingerprint density at radius 1 is 1.41 bits per heavy atom. The Bertz CT molecular complexity index is 367. The average Bonchev–Trinajstić information content (AvgIpc) is 2.28. The highest BCUT2D eigenvalue weighted by Crippen LogP contribution is 2.13. The first-order chi connectivity index (χ1) is 8.09. The van der Waals surface area contributed by atoms with E-state index in [1.54, 1.807) is 0 Å². The van der Waals surface area contributed by atoms with E-state index in [9.17, 15) is 0 Å². The zero-order valence-electron chi connectivity index (χ0n) is 11.5. The number of aromatic nitrogens is 1. The number of aryl methyl sites for hydroxylation is 1. The van der Waals surface area contributed by atoms with Crippen LogP contribution in [0.25, 0.3) is 5.57 Å². The van der Waals surface area contributed by atoms with Crippen molar-refractivity contribution in [1.82, 2.24) is 10.3 Å². The van der Waals surface area contributed by atoms with Crippen molar-refractivity contribution < 1.29 is 0 Å². The van der Waals surface area contributed by atoms with Crippen LogP contribution in [0.15, 0.2) is 24.5 Å². The van der Waals surface area contributed by atoms with Crippen LogP contribution in [0, 0.1) is 12.8 Å². The fourth-order valence-corrected chi connectivity index (χ4v) is 1.67. The fourth-order valence-electron chi connectivity index (χ4n) is 1.67. The van der Waals surface area contributed by atoms with Gasteiger partial charge in [-0.2, -0.15) is 0 Å². The van der Waals surface area contributed by atoms with Gasteiger partial charge in [-0.25, -0.2) is 0 Å². The molecule has 2 nitrogen and oxygen atoms in total.